The van der Waals surface area contributed by atoms with Gasteiger partial charge in [0.05, 0.1) is 23.7 Å². The van der Waals surface area contributed by atoms with Gasteiger partial charge in [-0.2, -0.15) is 8.42 Å². The third-order valence-electron chi connectivity index (χ3n) is 13.3. The van der Waals surface area contributed by atoms with E-state index in [0.29, 0.717) is 41.8 Å². The lowest BCUT2D eigenvalue weighted by Crippen LogP contribution is -2.58. The number of ketones is 1. The zero-order valence-corrected chi connectivity index (χ0v) is 26.3. The summed E-state index contributed by atoms with van der Waals surface area (Å²) in [4.78, 5) is 14.5. The van der Waals surface area contributed by atoms with Gasteiger partial charge in [0.1, 0.15) is 5.78 Å². The highest BCUT2D eigenvalue weighted by atomic mass is 32.2. The molecule has 6 aliphatic rings. The molecule has 4 aliphatic carbocycles. The number of carbonyl (C=O) groups is 1. The van der Waals surface area contributed by atoms with E-state index in [1.165, 1.54) is 0 Å². The number of aryl methyl sites for hydroxylation is 1. The molecule has 2 saturated heterocycles. The number of rotatable bonds is 3. The summed E-state index contributed by atoms with van der Waals surface area (Å²) in [5.74, 6) is 2.58. The molecule has 1 aromatic rings. The minimum atomic E-state index is -3.79. The van der Waals surface area contributed by atoms with Crippen molar-refractivity contribution in [1.82, 2.24) is 0 Å². The third kappa shape index (κ3) is 4.18. The molecule has 1 aromatic carbocycles. The Labute approximate surface area is 246 Å². The van der Waals surface area contributed by atoms with Gasteiger partial charge in [-0.05, 0) is 99.0 Å². The van der Waals surface area contributed by atoms with Crippen molar-refractivity contribution in [3.63, 3.8) is 0 Å². The zero-order valence-electron chi connectivity index (χ0n) is 25.4. The second-order valence-corrected chi connectivity index (χ2v) is 16.9. The van der Waals surface area contributed by atoms with Crippen LogP contribution in [0.2, 0.25) is 0 Å². The van der Waals surface area contributed by atoms with Crippen LogP contribution in [0.15, 0.2) is 29.2 Å². The Morgan fingerprint density at radius 1 is 0.951 bits per heavy atom. The Kier molecular flexibility index (Phi) is 6.68. The van der Waals surface area contributed by atoms with E-state index in [1.54, 1.807) is 12.1 Å². The molecule has 7 heteroatoms. The van der Waals surface area contributed by atoms with Crippen molar-refractivity contribution in [2.45, 2.75) is 115 Å². The van der Waals surface area contributed by atoms with Crippen molar-refractivity contribution >= 4 is 15.9 Å². The van der Waals surface area contributed by atoms with E-state index in [0.717, 1.165) is 63.5 Å². The molecule has 226 valence electrons. The first-order valence-corrected chi connectivity index (χ1v) is 17.6. The van der Waals surface area contributed by atoms with Crippen LogP contribution in [0.1, 0.15) is 91.0 Å². The van der Waals surface area contributed by atoms with Crippen LogP contribution in [0.4, 0.5) is 0 Å². The van der Waals surface area contributed by atoms with Crippen molar-refractivity contribution in [2.24, 2.45) is 52.3 Å². The third-order valence-corrected chi connectivity index (χ3v) is 14.7. The van der Waals surface area contributed by atoms with Crippen LogP contribution >= 0.6 is 0 Å². The van der Waals surface area contributed by atoms with Gasteiger partial charge in [-0.15, -0.1) is 0 Å². The Morgan fingerprint density at radius 3 is 2.41 bits per heavy atom. The van der Waals surface area contributed by atoms with Gasteiger partial charge in [0, 0.05) is 30.1 Å². The number of benzene rings is 1. The summed E-state index contributed by atoms with van der Waals surface area (Å²) in [6, 6.07) is 6.90. The smallest absolute Gasteiger partial charge is 0.297 e. The summed E-state index contributed by atoms with van der Waals surface area (Å²) in [6.45, 7) is 11.9. The van der Waals surface area contributed by atoms with E-state index in [1.807, 2.05) is 19.1 Å². The summed E-state index contributed by atoms with van der Waals surface area (Å²) in [5, 5.41) is 0. The van der Waals surface area contributed by atoms with E-state index in [4.69, 9.17) is 13.7 Å². The molecular weight excluding hydrogens is 536 g/mol. The van der Waals surface area contributed by atoms with Crippen LogP contribution in [-0.4, -0.2) is 38.8 Å². The Hall–Kier alpha value is -1.28. The first kappa shape index (κ1) is 28.5. The highest BCUT2D eigenvalue weighted by molar-refractivity contribution is 7.86. The van der Waals surface area contributed by atoms with E-state index >= 15 is 0 Å². The molecule has 12 atom stereocenters. The quantitative estimate of drug-likeness (QED) is 0.368. The fourth-order valence-corrected chi connectivity index (χ4v) is 12.1. The zero-order chi connectivity index (χ0) is 28.9. The molecule has 2 heterocycles. The molecule has 1 spiro atoms. The first-order valence-electron chi connectivity index (χ1n) is 16.2. The van der Waals surface area contributed by atoms with Crippen LogP contribution in [-0.2, 0) is 28.6 Å². The van der Waals surface area contributed by atoms with Crippen LogP contribution in [0.3, 0.4) is 0 Å². The Balaban J connectivity index is 1.08. The van der Waals surface area contributed by atoms with Crippen LogP contribution < -0.4 is 0 Å². The molecule has 0 unspecified atom stereocenters. The summed E-state index contributed by atoms with van der Waals surface area (Å²) < 4.78 is 45.2. The van der Waals surface area contributed by atoms with Gasteiger partial charge in [-0.3, -0.25) is 8.98 Å². The first-order chi connectivity index (χ1) is 19.4. The van der Waals surface area contributed by atoms with Gasteiger partial charge in [-0.25, -0.2) is 0 Å². The van der Waals surface area contributed by atoms with Gasteiger partial charge in [0.2, 0.25) is 0 Å². The molecule has 6 fully saturated rings. The fourth-order valence-electron chi connectivity index (χ4n) is 10.9. The van der Waals surface area contributed by atoms with E-state index in [-0.39, 0.29) is 39.8 Å². The molecule has 0 amide bonds. The van der Waals surface area contributed by atoms with Gasteiger partial charge in [0.15, 0.2) is 5.79 Å². The summed E-state index contributed by atoms with van der Waals surface area (Å²) >= 11 is 0. The predicted molar refractivity (Wildman–Crippen MR) is 155 cm³/mol. The summed E-state index contributed by atoms with van der Waals surface area (Å²) in [6.07, 6.45) is 8.09. The maximum atomic E-state index is 14.3. The second kappa shape index (κ2) is 9.61. The van der Waals surface area contributed by atoms with Crippen molar-refractivity contribution in [3.05, 3.63) is 29.8 Å². The molecule has 0 aromatic heterocycles. The van der Waals surface area contributed by atoms with E-state index in [2.05, 4.69) is 27.7 Å². The van der Waals surface area contributed by atoms with Gasteiger partial charge in [-0.1, -0.05) is 45.4 Å². The predicted octanol–water partition coefficient (Wildman–Crippen LogP) is 6.69. The maximum absolute atomic E-state index is 14.3. The lowest BCUT2D eigenvalue weighted by molar-refractivity contribution is -0.272. The molecule has 6 nitrogen and oxygen atoms in total. The molecule has 2 aliphatic heterocycles. The average Bonchev–Trinajstić information content (AvgIpc) is 3.38. The van der Waals surface area contributed by atoms with Crippen molar-refractivity contribution in [2.75, 3.05) is 6.61 Å². The highest BCUT2D eigenvalue weighted by Gasteiger charge is 2.71. The van der Waals surface area contributed by atoms with Gasteiger partial charge >= 0.3 is 0 Å². The molecule has 0 bridgehead atoms. The van der Waals surface area contributed by atoms with Crippen molar-refractivity contribution in [1.29, 1.82) is 0 Å². The summed E-state index contributed by atoms with van der Waals surface area (Å²) in [7, 11) is -3.79. The number of hydrogen-bond donors (Lipinski definition) is 0. The number of carbonyl (C=O) groups excluding carboxylic acids is 1. The van der Waals surface area contributed by atoms with Crippen molar-refractivity contribution in [3.8, 4) is 0 Å². The largest absolute Gasteiger partial charge is 0.349 e. The topological polar surface area (TPSA) is 78.9 Å². The molecule has 41 heavy (non-hydrogen) atoms. The molecule has 0 radical (unpaired) electrons. The fraction of sp³-hybridized carbons (Fsp3) is 0.794. The average molecular weight is 585 g/mol. The molecular formula is C34H48O6S. The molecule has 0 N–H and O–H groups in total. The minimum absolute atomic E-state index is 0.0431. The van der Waals surface area contributed by atoms with E-state index < -0.39 is 15.9 Å². The Morgan fingerprint density at radius 2 is 1.71 bits per heavy atom. The number of hydrogen-bond acceptors (Lipinski definition) is 6. The number of Topliss-reactive ketones (excluding diaryl/α,β-unsaturated/α-hetero) is 1. The Bertz CT molecular complexity index is 1300. The number of fused-ring (bicyclic) bond motifs is 7. The lowest BCUT2D eigenvalue weighted by Gasteiger charge is -2.60. The summed E-state index contributed by atoms with van der Waals surface area (Å²) in [5.41, 5.74) is 0.726. The van der Waals surface area contributed by atoms with Crippen molar-refractivity contribution < 1.29 is 26.9 Å². The van der Waals surface area contributed by atoms with Crippen LogP contribution in [0.5, 0.6) is 0 Å². The van der Waals surface area contributed by atoms with Gasteiger partial charge < -0.3 is 9.47 Å². The van der Waals surface area contributed by atoms with Crippen LogP contribution in [0, 0.1) is 59.2 Å². The molecule has 4 saturated carbocycles. The second-order valence-electron chi connectivity index (χ2n) is 15.3. The van der Waals surface area contributed by atoms with Gasteiger partial charge in [0.25, 0.3) is 10.1 Å². The monoisotopic (exact) mass is 584 g/mol. The highest BCUT2D eigenvalue weighted by Crippen LogP contribution is 2.70. The lowest BCUT2D eigenvalue weighted by atomic mass is 9.44. The number of ether oxygens (including phenoxy) is 2. The van der Waals surface area contributed by atoms with Crippen LogP contribution in [0.25, 0.3) is 0 Å². The van der Waals surface area contributed by atoms with E-state index in [9.17, 15) is 13.2 Å². The maximum Gasteiger partial charge on any atom is 0.297 e. The standard InChI is InChI=1S/C34H48O6S/c1-20-6-9-25(10-7-20)41(36,37)40-24-13-14-32(4)23(16-24)8-11-26-27(32)18-30(35)33(5)28(26)17-29-31(33)22(3)34(39-29)15-12-21(2)19-38-34/h6-7,9-10,21-24,26-29,31H,8,11-19H2,1-5H3/t21-,22-,23-,24-,26+,27-,28-,29-,31-,32-,33+,34+/m0/s1. The minimum Gasteiger partial charge on any atom is -0.349 e. The molecule has 7 rings (SSSR count). The normalized spacial score (nSPS) is 49.3. The SMILES string of the molecule is Cc1ccc(S(=O)(=O)O[C@H]2CC[C@@]3(C)[C@@H](CC[C@@H]4[C@@H]3CC(=O)[C@]3(C)[C@@H]5[C@H](C[C@@H]43)O[C@]3(CC[C@H](C)CO3)[C@H]5C)C2)cc1.